The summed E-state index contributed by atoms with van der Waals surface area (Å²) in [6.45, 7) is 3.68. The Kier molecular flexibility index (Phi) is 2.26. The van der Waals surface area contributed by atoms with E-state index in [2.05, 4.69) is 21.5 Å². The number of hydrogen-bond acceptors (Lipinski definition) is 3. The molecule has 1 aliphatic heterocycles. The molecule has 4 nitrogen and oxygen atoms in total. The minimum Gasteiger partial charge on any atom is -0.443 e. The average molecular weight is 225 g/mol. The number of nitrogens with one attached hydrogen (secondary N) is 1. The normalized spacial score (nSPS) is 15.1. The Morgan fingerprint density at radius 3 is 3.12 bits per heavy atom. The summed E-state index contributed by atoms with van der Waals surface area (Å²) in [4.78, 5) is 11.2. The molecule has 17 heavy (non-hydrogen) atoms. The largest absolute Gasteiger partial charge is 0.443 e. The van der Waals surface area contributed by atoms with Crippen LogP contribution in [-0.2, 0) is 0 Å². The van der Waals surface area contributed by atoms with E-state index in [-0.39, 0.29) is 0 Å². The number of ether oxygens (including phenoxy) is 1. The molecule has 0 bridgehead atoms. The smallest absolute Gasteiger partial charge is 0.202 e. The third kappa shape index (κ3) is 1.97. The van der Waals surface area contributed by atoms with E-state index in [1.165, 1.54) is 0 Å². The van der Waals surface area contributed by atoms with E-state index in [1.807, 2.05) is 30.5 Å². The van der Waals surface area contributed by atoms with Crippen LogP contribution in [0.1, 0.15) is 6.42 Å². The van der Waals surface area contributed by atoms with Gasteiger partial charge in [-0.15, -0.1) is 0 Å². The monoisotopic (exact) mass is 225 g/mol. The first-order valence-electron chi connectivity index (χ1n) is 5.35. The highest BCUT2D eigenvalue weighted by atomic mass is 16.5. The van der Waals surface area contributed by atoms with Crippen molar-refractivity contribution >= 4 is 23.0 Å². The van der Waals surface area contributed by atoms with Crippen molar-refractivity contribution in [1.29, 1.82) is 0 Å². The third-order valence-electron chi connectivity index (χ3n) is 2.52. The minimum atomic E-state index is 0.481. The molecule has 0 atom stereocenters. The van der Waals surface area contributed by atoms with Gasteiger partial charge >= 0.3 is 0 Å². The minimum absolute atomic E-state index is 0.481. The summed E-state index contributed by atoms with van der Waals surface area (Å²) in [6.07, 6.45) is 4.25. The van der Waals surface area contributed by atoms with Gasteiger partial charge in [0.2, 0.25) is 5.90 Å². The molecule has 1 aromatic carbocycles. The van der Waals surface area contributed by atoms with Crippen molar-refractivity contribution in [2.24, 2.45) is 9.98 Å². The van der Waals surface area contributed by atoms with E-state index in [0.717, 1.165) is 16.7 Å². The number of rotatable bonds is 1. The van der Waals surface area contributed by atoms with Gasteiger partial charge in [-0.2, -0.15) is 4.99 Å². The van der Waals surface area contributed by atoms with Gasteiger partial charge in [0.05, 0.1) is 6.42 Å². The van der Waals surface area contributed by atoms with Gasteiger partial charge < -0.3 is 9.72 Å². The summed E-state index contributed by atoms with van der Waals surface area (Å²) in [5.41, 5.74) is 1.09. The van der Waals surface area contributed by atoms with Crippen molar-refractivity contribution in [3.63, 3.8) is 0 Å². The summed E-state index contributed by atoms with van der Waals surface area (Å²) in [5.74, 6) is 1.88. The Balaban J connectivity index is 1.87. The lowest BCUT2D eigenvalue weighted by molar-refractivity contribution is 0.541. The number of hydrogen-bond donors (Lipinski definition) is 1. The van der Waals surface area contributed by atoms with Gasteiger partial charge in [-0.25, -0.2) is 4.99 Å². The number of benzene rings is 1. The van der Waals surface area contributed by atoms with E-state index in [4.69, 9.17) is 4.74 Å². The van der Waals surface area contributed by atoms with Gasteiger partial charge in [0.1, 0.15) is 11.6 Å². The summed E-state index contributed by atoms with van der Waals surface area (Å²) < 4.78 is 5.69. The first-order valence-corrected chi connectivity index (χ1v) is 5.35. The lowest BCUT2D eigenvalue weighted by Gasteiger charge is -2.09. The summed E-state index contributed by atoms with van der Waals surface area (Å²) in [5, 5.41) is 1.12. The van der Waals surface area contributed by atoms with E-state index in [9.17, 15) is 0 Å². The van der Waals surface area contributed by atoms with Crippen molar-refractivity contribution in [2.75, 3.05) is 0 Å². The van der Waals surface area contributed by atoms with Crippen LogP contribution in [0.15, 0.2) is 52.8 Å². The summed E-state index contributed by atoms with van der Waals surface area (Å²) in [6, 6.07) is 7.88. The number of nitrogens with zero attached hydrogens (tertiary/aromatic N) is 2. The second kappa shape index (κ2) is 3.90. The zero-order valence-corrected chi connectivity index (χ0v) is 9.18. The molecule has 0 spiro atoms. The van der Waals surface area contributed by atoms with Crippen molar-refractivity contribution < 1.29 is 4.74 Å². The van der Waals surface area contributed by atoms with Crippen LogP contribution in [0.4, 0.5) is 0 Å². The van der Waals surface area contributed by atoms with Crippen LogP contribution in [-0.4, -0.2) is 17.1 Å². The van der Waals surface area contributed by atoms with Gasteiger partial charge in [0, 0.05) is 23.3 Å². The van der Waals surface area contributed by atoms with E-state index in [0.29, 0.717) is 18.1 Å². The van der Waals surface area contributed by atoms with Crippen molar-refractivity contribution in [1.82, 2.24) is 4.98 Å². The topological polar surface area (TPSA) is 49.7 Å². The quantitative estimate of drug-likeness (QED) is 0.797. The summed E-state index contributed by atoms with van der Waals surface area (Å²) >= 11 is 0. The van der Waals surface area contributed by atoms with Gasteiger partial charge in [-0.05, 0) is 24.3 Å². The molecule has 2 heterocycles. The molecule has 4 heteroatoms. The van der Waals surface area contributed by atoms with Crippen molar-refractivity contribution in [3.8, 4) is 5.75 Å². The van der Waals surface area contributed by atoms with Gasteiger partial charge in [0.25, 0.3) is 0 Å². The zero-order chi connectivity index (χ0) is 11.7. The predicted molar refractivity (Wildman–Crippen MR) is 68.6 cm³/mol. The van der Waals surface area contributed by atoms with Gasteiger partial charge in [-0.1, -0.05) is 6.58 Å². The maximum absolute atomic E-state index is 5.69. The molecule has 1 N–H and O–H groups in total. The Hall–Kier alpha value is -2.36. The predicted octanol–water partition coefficient (Wildman–Crippen LogP) is 2.89. The molecule has 0 saturated carbocycles. The molecule has 1 aliphatic rings. The molecule has 2 aromatic rings. The standard InChI is InChI=1S/C13H11N3O/c1-9-14-7-5-13(16-9)17-11-2-3-12-10(8-11)4-6-15-12/h2-4,6-8,15H,1,5H2. The molecule has 0 amide bonds. The highest BCUT2D eigenvalue weighted by Crippen LogP contribution is 2.20. The molecule has 0 saturated heterocycles. The molecule has 0 radical (unpaired) electrons. The van der Waals surface area contributed by atoms with E-state index >= 15 is 0 Å². The van der Waals surface area contributed by atoms with Crippen molar-refractivity contribution in [3.05, 3.63) is 42.9 Å². The first-order chi connectivity index (χ1) is 8.31. The fraction of sp³-hybridized carbons (Fsp3) is 0.0769. The third-order valence-corrected chi connectivity index (χ3v) is 2.52. The number of aromatic amines is 1. The fourth-order valence-corrected chi connectivity index (χ4v) is 1.74. The molecule has 0 fully saturated rings. The zero-order valence-electron chi connectivity index (χ0n) is 9.18. The van der Waals surface area contributed by atoms with Crippen LogP contribution in [0.25, 0.3) is 10.9 Å². The number of aliphatic imine (C=N–C) groups is 2. The molecule has 0 unspecified atom stereocenters. The second-order valence-corrected chi connectivity index (χ2v) is 3.77. The summed E-state index contributed by atoms with van der Waals surface area (Å²) in [7, 11) is 0. The average Bonchev–Trinajstić information content (AvgIpc) is 2.76. The van der Waals surface area contributed by atoms with Crippen molar-refractivity contribution in [2.45, 2.75) is 6.42 Å². The van der Waals surface area contributed by atoms with Gasteiger partial charge in [0.15, 0.2) is 0 Å². The Bertz CT molecular complexity index is 637. The molecular weight excluding hydrogens is 214 g/mol. The molecule has 0 aliphatic carbocycles. The molecule has 84 valence electrons. The van der Waals surface area contributed by atoms with Crippen LogP contribution in [0.5, 0.6) is 5.75 Å². The molecule has 1 aromatic heterocycles. The van der Waals surface area contributed by atoms with E-state index < -0.39 is 0 Å². The molecule has 3 rings (SSSR count). The Labute approximate surface area is 98.4 Å². The highest BCUT2D eigenvalue weighted by molar-refractivity contribution is 5.94. The molecular formula is C13H11N3O. The lowest BCUT2D eigenvalue weighted by Crippen LogP contribution is -2.11. The SMILES string of the molecule is C=C1N=CCC(Oc2ccc3[nH]ccc3c2)=N1. The van der Waals surface area contributed by atoms with E-state index in [1.54, 1.807) is 6.21 Å². The number of H-pyrrole nitrogens is 1. The lowest BCUT2D eigenvalue weighted by atomic mass is 10.2. The Morgan fingerprint density at radius 2 is 2.24 bits per heavy atom. The number of fused-ring (bicyclic) bond motifs is 1. The Morgan fingerprint density at radius 1 is 1.29 bits per heavy atom. The highest BCUT2D eigenvalue weighted by Gasteiger charge is 2.07. The fourth-order valence-electron chi connectivity index (χ4n) is 1.74. The maximum atomic E-state index is 5.69. The van der Waals surface area contributed by atoms with Gasteiger partial charge in [-0.3, -0.25) is 0 Å². The second-order valence-electron chi connectivity index (χ2n) is 3.77. The number of aromatic nitrogens is 1. The van der Waals surface area contributed by atoms with Crippen LogP contribution in [0.3, 0.4) is 0 Å². The maximum Gasteiger partial charge on any atom is 0.202 e. The van der Waals surface area contributed by atoms with Crippen LogP contribution < -0.4 is 4.74 Å². The van der Waals surface area contributed by atoms with Crippen LogP contribution >= 0.6 is 0 Å². The van der Waals surface area contributed by atoms with Crippen LogP contribution in [0, 0.1) is 0 Å². The van der Waals surface area contributed by atoms with Crippen LogP contribution in [0.2, 0.25) is 0 Å². The first kappa shape index (κ1) is 9.84.